The van der Waals surface area contributed by atoms with E-state index in [9.17, 15) is 0 Å². The molecule has 0 spiro atoms. The Morgan fingerprint density at radius 2 is 2.05 bits per heavy atom. The first-order valence-corrected chi connectivity index (χ1v) is 6.20. The first-order valence-electron chi connectivity index (χ1n) is 6.20. The van der Waals surface area contributed by atoms with E-state index in [4.69, 9.17) is 10.00 Å². The summed E-state index contributed by atoms with van der Waals surface area (Å²) in [5, 5.41) is 12.2. The molecular formula is C12H20N6O. The van der Waals surface area contributed by atoms with Gasteiger partial charge in [-0.15, -0.1) is 0 Å². The van der Waals surface area contributed by atoms with E-state index in [0.717, 1.165) is 0 Å². The van der Waals surface area contributed by atoms with Gasteiger partial charge >= 0.3 is 6.01 Å². The third kappa shape index (κ3) is 3.95. The van der Waals surface area contributed by atoms with Gasteiger partial charge in [0.1, 0.15) is 6.04 Å². The monoisotopic (exact) mass is 264 g/mol. The van der Waals surface area contributed by atoms with E-state index >= 15 is 0 Å². The van der Waals surface area contributed by atoms with Crippen LogP contribution in [0.3, 0.4) is 0 Å². The molecule has 1 aromatic heterocycles. The van der Waals surface area contributed by atoms with Crippen molar-refractivity contribution in [1.82, 2.24) is 15.0 Å². The standard InChI is InChI=1S/C12H20N6O/c1-6-9(7-13)18(4)11-15-10(14-8(2)3)16-12(17-11)19-5/h8-9H,6H2,1-5H3,(H,14,15,16,17). The summed E-state index contributed by atoms with van der Waals surface area (Å²) in [6, 6.07) is 2.36. The van der Waals surface area contributed by atoms with Crippen molar-refractivity contribution in [3.05, 3.63) is 0 Å². The van der Waals surface area contributed by atoms with Crippen molar-refractivity contribution in [2.45, 2.75) is 39.3 Å². The number of hydrogen-bond acceptors (Lipinski definition) is 7. The second-order valence-corrected chi connectivity index (χ2v) is 4.41. The highest BCUT2D eigenvalue weighted by molar-refractivity contribution is 5.40. The summed E-state index contributed by atoms with van der Waals surface area (Å²) in [7, 11) is 3.28. The van der Waals surface area contributed by atoms with Crippen molar-refractivity contribution in [2.24, 2.45) is 0 Å². The van der Waals surface area contributed by atoms with Crippen LogP contribution < -0.4 is 15.0 Å². The van der Waals surface area contributed by atoms with Crippen molar-refractivity contribution in [1.29, 1.82) is 5.26 Å². The lowest BCUT2D eigenvalue weighted by Gasteiger charge is -2.22. The van der Waals surface area contributed by atoms with Crippen molar-refractivity contribution < 1.29 is 4.74 Å². The molecule has 0 aliphatic rings. The van der Waals surface area contributed by atoms with Crippen LogP contribution in [0.4, 0.5) is 11.9 Å². The lowest BCUT2D eigenvalue weighted by atomic mass is 10.2. The van der Waals surface area contributed by atoms with Crippen LogP contribution in [0.5, 0.6) is 6.01 Å². The molecule has 19 heavy (non-hydrogen) atoms. The van der Waals surface area contributed by atoms with Crippen molar-refractivity contribution >= 4 is 11.9 Å². The van der Waals surface area contributed by atoms with Gasteiger partial charge in [0.15, 0.2) is 0 Å². The Bertz CT molecular complexity index is 456. The number of ether oxygens (including phenoxy) is 1. The van der Waals surface area contributed by atoms with E-state index in [1.54, 1.807) is 11.9 Å². The van der Waals surface area contributed by atoms with Gasteiger partial charge in [-0.3, -0.25) is 0 Å². The predicted octanol–water partition coefficient (Wildman–Crippen LogP) is 1.44. The molecule has 0 amide bonds. The van der Waals surface area contributed by atoms with Crippen LogP contribution in [0, 0.1) is 11.3 Å². The largest absolute Gasteiger partial charge is 0.467 e. The van der Waals surface area contributed by atoms with Crippen molar-refractivity contribution in [3.8, 4) is 12.1 Å². The Morgan fingerprint density at radius 3 is 2.53 bits per heavy atom. The molecule has 1 atom stereocenters. The molecule has 0 fully saturated rings. The lowest BCUT2D eigenvalue weighted by Crippen LogP contribution is -2.31. The van der Waals surface area contributed by atoms with Crippen LogP contribution in [0.15, 0.2) is 0 Å². The Balaban J connectivity index is 3.09. The molecule has 0 aromatic carbocycles. The summed E-state index contributed by atoms with van der Waals surface area (Å²) < 4.78 is 5.06. The molecule has 0 saturated carbocycles. The number of nitriles is 1. The molecule has 0 aliphatic carbocycles. The summed E-state index contributed by atoms with van der Waals surface area (Å²) in [6.07, 6.45) is 0.688. The van der Waals surface area contributed by atoms with Crippen LogP contribution in [0.25, 0.3) is 0 Å². The number of methoxy groups -OCH3 is 1. The molecule has 7 heteroatoms. The third-order valence-corrected chi connectivity index (χ3v) is 2.52. The molecule has 1 rings (SSSR count). The van der Waals surface area contributed by atoms with E-state index in [2.05, 4.69) is 26.3 Å². The van der Waals surface area contributed by atoms with Gasteiger partial charge in [0.25, 0.3) is 0 Å². The van der Waals surface area contributed by atoms with E-state index in [-0.39, 0.29) is 18.1 Å². The molecule has 7 nitrogen and oxygen atoms in total. The number of hydrogen-bond donors (Lipinski definition) is 1. The predicted molar refractivity (Wildman–Crippen MR) is 73.2 cm³/mol. The topological polar surface area (TPSA) is 87.0 Å². The summed E-state index contributed by atoms with van der Waals surface area (Å²) in [5.74, 6) is 0.861. The van der Waals surface area contributed by atoms with E-state index in [1.165, 1.54) is 7.11 Å². The normalized spacial score (nSPS) is 11.8. The fourth-order valence-electron chi connectivity index (χ4n) is 1.51. The second kappa shape index (κ2) is 6.73. The summed E-state index contributed by atoms with van der Waals surface area (Å²) in [4.78, 5) is 14.3. The number of nitrogens with one attached hydrogen (secondary N) is 1. The Labute approximate surface area is 113 Å². The number of aromatic nitrogens is 3. The van der Waals surface area contributed by atoms with E-state index in [0.29, 0.717) is 18.3 Å². The fraction of sp³-hybridized carbons (Fsp3) is 0.667. The second-order valence-electron chi connectivity index (χ2n) is 4.41. The van der Waals surface area contributed by atoms with Gasteiger partial charge < -0.3 is 15.0 Å². The number of nitrogens with zero attached hydrogens (tertiary/aromatic N) is 5. The summed E-state index contributed by atoms with van der Waals surface area (Å²) in [5.41, 5.74) is 0. The Kier molecular flexibility index (Phi) is 5.30. The van der Waals surface area contributed by atoms with Gasteiger partial charge in [0.05, 0.1) is 13.2 Å². The zero-order valence-corrected chi connectivity index (χ0v) is 12.0. The van der Waals surface area contributed by atoms with Gasteiger partial charge in [-0.2, -0.15) is 20.2 Å². The van der Waals surface area contributed by atoms with Crippen LogP contribution in [-0.2, 0) is 0 Å². The van der Waals surface area contributed by atoms with E-state index in [1.807, 2.05) is 20.8 Å². The fourth-order valence-corrected chi connectivity index (χ4v) is 1.51. The quantitative estimate of drug-likeness (QED) is 0.831. The van der Waals surface area contributed by atoms with Crippen molar-refractivity contribution in [2.75, 3.05) is 24.4 Å². The highest BCUT2D eigenvalue weighted by Crippen LogP contribution is 2.17. The molecular weight excluding hydrogens is 244 g/mol. The highest BCUT2D eigenvalue weighted by atomic mass is 16.5. The maximum absolute atomic E-state index is 9.09. The molecule has 104 valence electrons. The Hall–Kier alpha value is -2.10. The SMILES string of the molecule is CCC(C#N)N(C)c1nc(NC(C)C)nc(OC)n1. The maximum Gasteiger partial charge on any atom is 0.322 e. The van der Waals surface area contributed by atoms with Gasteiger partial charge in [-0.25, -0.2) is 0 Å². The van der Waals surface area contributed by atoms with Crippen LogP contribution in [-0.4, -0.2) is 41.2 Å². The van der Waals surface area contributed by atoms with Gasteiger partial charge in [0, 0.05) is 13.1 Å². The zero-order valence-electron chi connectivity index (χ0n) is 12.0. The highest BCUT2D eigenvalue weighted by Gasteiger charge is 2.17. The zero-order chi connectivity index (χ0) is 14.4. The lowest BCUT2D eigenvalue weighted by molar-refractivity contribution is 0.378. The average molecular weight is 264 g/mol. The number of rotatable bonds is 6. The van der Waals surface area contributed by atoms with Crippen LogP contribution >= 0.6 is 0 Å². The maximum atomic E-state index is 9.09. The smallest absolute Gasteiger partial charge is 0.322 e. The summed E-state index contributed by atoms with van der Waals surface area (Å²) >= 11 is 0. The Morgan fingerprint density at radius 1 is 1.37 bits per heavy atom. The molecule has 1 N–H and O–H groups in total. The first-order chi connectivity index (χ1) is 9.01. The number of anilines is 2. The van der Waals surface area contributed by atoms with Crippen molar-refractivity contribution in [3.63, 3.8) is 0 Å². The molecule has 1 heterocycles. The molecule has 0 saturated heterocycles. The molecule has 0 bridgehead atoms. The minimum absolute atomic E-state index is 0.197. The van der Waals surface area contributed by atoms with Crippen LogP contribution in [0.1, 0.15) is 27.2 Å². The molecule has 0 aliphatic heterocycles. The first kappa shape index (κ1) is 15.0. The molecule has 1 aromatic rings. The van der Waals surface area contributed by atoms with Gasteiger partial charge in [-0.05, 0) is 20.3 Å². The summed E-state index contributed by atoms with van der Waals surface area (Å²) in [6.45, 7) is 5.92. The van der Waals surface area contributed by atoms with Gasteiger partial charge in [-0.1, -0.05) is 6.92 Å². The van der Waals surface area contributed by atoms with E-state index < -0.39 is 0 Å². The van der Waals surface area contributed by atoms with Crippen LogP contribution in [0.2, 0.25) is 0 Å². The third-order valence-electron chi connectivity index (χ3n) is 2.52. The minimum atomic E-state index is -0.279. The average Bonchev–Trinajstić information content (AvgIpc) is 2.38. The molecule has 0 radical (unpaired) electrons. The minimum Gasteiger partial charge on any atom is -0.467 e. The molecule has 1 unspecified atom stereocenters. The van der Waals surface area contributed by atoms with Gasteiger partial charge in [0.2, 0.25) is 11.9 Å².